The molecular formula is C69H127NO13. The molecule has 2 aliphatic heterocycles. The first-order valence-corrected chi connectivity index (χ1v) is 34.4. The molecule has 2 rings (SSSR count). The first kappa shape index (κ1) is 77.0. The summed E-state index contributed by atoms with van der Waals surface area (Å²) in [5.41, 5.74) is 0. The molecule has 9 N–H and O–H groups in total. The molecule has 486 valence electrons. The molecule has 0 radical (unpaired) electrons. The van der Waals surface area contributed by atoms with E-state index in [2.05, 4.69) is 67.8 Å². The van der Waals surface area contributed by atoms with Crippen LogP contribution in [0.3, 0.4) is 0 Å². The second-order valence-corrected chi connectivity index (χ2v) is 24.3. The number of amides is 1. The van der Waals surface area contributed by atoms with E-state index in [4.69, 9.17) is 18.9 Å². The van der Waals surface area contributed by atoms with Crippen molar-refractivity contribution in [2.45, 2.75) is 364 Å². The van der Waals surface area contributed by atoms with Crippen LogP contribution in [0.5, 0.6) is 0 Å². The Kier molecular flexibility index (Phi) is 50.2. The summed E-state index contributed by atoms with van der Waals surface area (Å²) >= 11 is 0. The van der Waals surface area contributed by atoms with Crippen molar-refractivity contribution in [3.63, 3.8) is 0 Å². The number of allylic oxidation sites excluding steroid dienone is 8. The van der Waals surface area contributed by atoms with Crippen LogP contribution < -0.4 is 5.32 Å². The molecule has 12 atom stereocenters. The Hall–Kier alpha value is -2.05. The minimum Gasteiger partial charge on any atom is -0.394 e. The number of carbonyl (C=O) groups is 1. The zero-order valence-corrected chi connectivity index (χ0v) is 52.7. The second kappa shape index (κ2) is 54.1. The molecule has 2 fully saturated rings. The highest BCUT2D eigenvalue weighted by Gasteiger charge is 2.51. The lowest BCUT2D eigenvalue weighted by atomic mass is 9.97. The third-order valence-corrected chi connectivity index (χ3v) is 16.8. The van der Waals surface area contributed by atoms with Crippen molar-refractivity contribution < 1.29 is 64.6 Å². The van der Waals surface area contributed by atoms with E-state index < -0.39 is 86.8 Å². The normalized spacial score (nSPS) is 24.1. The summed E-state index contributed by atoms with van der Waals surface area (Å²) in [4.78, 5) is 13.3. The number of ether oxygens (including phenoxy) is 4. The van der Waals surface area contributed by atoms with Crippen molar-refractivity contribution in [3.05, 3.63) is 48.6 Å². The van der Waals surface area contributed by atoms with E-state index in [1.807, 2.05) is 0 Å². The van der Waals surface area contributed by atoms with Crippen LogP contribution in [0.4, 0.5) is 0 Å². The van der Waals surface area contributed by atoms with Gasteiger partial charge in [0.1, 0.15) is 48.8 Å². The predicted octanol–water partition coefficient (Wildman–Crippen LogP) is 13.5. The van der Waals surface area contributed by atoms with Gasteiger partial charge in [-0.2, -0.15) is 0 Å². The van der Waals surface area contributed by atoms with Crippen molar-refractivity contribution in [1.82, 2.24) is 5.32 Å². The van der Waals surface area contributed by atoms with Gasteiger partial charge in [-0.25, -0.2) is 0 Å². The number of nitrogens with one attached hydrogen (secondary N) is 1. The average Bonchev–Trinajstić information content (AvgIpc) is 3.63. The molecule has 83 heavy (non-hydrogen) atoms. The van der Waals surface area contributed by atoms with Gasteiger partial charge in [0.25, 0.3) is 0 Å². The zero-order chi connectivity index (χ0) is 60.2. The maximum Gasteiger partial charge on any atom is 0.220 e. The largest absolute Gasteiger partial charge is 0.394 e. The third kappa shape index (κ3) is 38.8. The quantitative estimate of drug-likeness (QED) is 0.0204. The Morgan fingerprint density at radius 2 is 0.831 bits per heavy atom. The monoisotopic (exact) mass is 1180 g/mol. The number of carbonyl (C=O) groups excluding carboxylic acids is 1. The Morgan fingerprint density at radius 3 is 1.28 bits per heavy atom. The maximum atomic E-state index is 13.3. The molecule has 0 spiro atoms. The Morgan fingerprint density at radius 1 is 0.446 bits per heavy atom. The highest BCUT2D eigenvalue weighted by atomic mass is 16.7. The van der Waals surface area contributed by atoms with Gasteiger partial charge < -0.3 is 65.1 Å². The number of rotatable bonds is 56. The van der Waals surface area contributed by atoms with Crippen molar-refractivity contribution >= 4 is 5.91 Å². The molecule has 0 aromatic heterocycles. The molecular weight excluding hydrogens is 1050 g/mol. The second-order valence-electron chi connectivity index (χ2n) is 24.3. The van der Waals surface area contributed by atoms with E-state index in [9.17, 15) is 45.6 Å². The third-order valence-electron chi connectivity index (χ3n) is 16.8. The Balaban J connectivity index is 1.62. The van der Waals surface area contributed by atoms with Gasteiger partial charge in [0, 0.05) is 6.42 Å². The van der Waals surface area contributed by atoms with Gasteiger partial charge in [0.05, 0.1) is 32.0 Å². The van der Waals surface area contributed by atoms with Crippen LogP contribution in [0.15, 0.2) is 48.6 Å². The van der Waals surface area contributed by atoms with Crippen LogP contribution >= 0.6 is 0 Å². The first-order valence-electron chi connectivity index (χ1n) is 34.4. The van der Waals surface area contributed by atoms with Crippen LogP contribution in [-0.2, 0) is 23.7 Å². The molecule has 2 aliphatic rings. The summed E-state index contributed by atoms with van der Waals surface area (Å²) in [6.45, 7) is 2.78. The summed E-state index contributed by atoms with van der Waals surface area (Å²) in [6.07, 6.45) is 52.7. The van der Waals surface area contributed by atoms with Crippen molar-refractivity contribution in [1.29, 1.82) is 0 Å². The highest BCUT2D eigenvalue weighted by Crippen LogP contribution is 2.30. The van der Waals surface area contributed by atoms with Crippen LogP contribution in [0, 0.1) is 0 Å². The number of hydrogen-bond acceptors (Lipinski definition) is 13. The standard InChI is InChI=1S/C69H127NO13/c1-3-5-7-9-11-13-15-17-19-21-22-23-24-25-26-27-28-29-30-31-32-33-34-35-36-37-39-41-43-45-47-49-51-53-61(74)70-57(58(73)52-50-48-46-44-42-40-38-20-18-16-14-12-10-8-6-4-2)56-80-68-66(79)64(77)67(60(55-72)82-68)83-69-65(78)63(76)62(75)59(54-71)81-69/h5,7,11,13,17,19,22-23,57-60,62-69,71-73,75-79H,3-4,6,8-10,12,14-16,18,20-21,24-56H2,1-2H3,(H,70,74)/b7-5-,13-11-,19-17-,23-22-. The van der Waals surface area contributed by atoms with Gasteiger partial charge >= 0.3 is 0 Å². The molecule has 0 aromatic rings. The van der Waals surface area contributed by atoms with E-state index in [1.54, 1.807) is 0 Å². The molecule has 1 amide bonds. The summed E-state index contributed by atoms with van der Waals surface area (Å²) in [5, 5.41) is 87.5. The van der Waals surface area contributed by atoms with Gasteiger partial charge in [0.2, 0.25) is 5.91 Å². The van der Waals surface area contributed by atoms with E-state index in [0.29, 0.717) is 12.8 Å². The van der Waals surface area contributed by atoms with E-state index in [0.717, 1.165) is 77.0 Å². The number of aliphatic hydroxyl groups excluding tert-OH is 8. The van der Waals surface area contributed by atoms with E-state index >= 15 is 0 Å². The summed E-state index contributed by atoms with van der Waals surface area (Å²) < 4.78 is 22.9. The lowest BCUT2D eigenvalue weighted by molar-refractivity contribution is -0.359. The fourth-order valence-electron chi connectivity index (χ4n) is 11.3. The smallest absolute Gasteiger partial charge is 0.220 e. The maximum absolute atomic E-state index is 13.3. The molecule has 14 nitrogen and oxygen atoms in total. The SMILES string of the molecule is CC/C=C\C/C=C\C/C=C\C/C=C\CCCCCCCCCCCCCCCCCCCCCCC(=O)NC(COC1OC(CO)C(OC2OC(CO)C(O)C(O)C2O)C(O)C1O)C(O)CCCCCCCCCCCCCCCCCC. The topological polar surface area (TPSA) is 228 Å². The molecule has 14 heteroatoms. The van der Waals surface area contributed by atoms with Crippen molar-refractivity contribution in [3.8, 4) is 0 Å². The molecule has 0 saturated carbocycles. The predicted molar refractivity (Wildman–Crippen MR) is 337 cm³/mol. The minimum absolute atomic E-state index is 0.202. The fourth-order valence-corrected chi connectivity index (χ4v) is 11.3. The Labute approximate surface area is 505 Å². The lowest BCUT2D eigenvalue weighted by Gasteiger charge is -2.46. The van der Waals surface area contributed by atoms with Crippen molar-refractivity contribution in [2.24, 2.45) is 0 Å². The van der Waals surface area contributed by atoms with Crippen molar-refractivity contribution in [2.75, 3.05) is 19.8 Å². The van der Waals surface area contributed by atoms with Gasteiger partial charge in [-0.05, 0) is 51.4 Å². The van der Waals surface area contributed by atoms with Crippen LogP contribution in [0.2, 0.25) is 0 Å². The molecule has 2 heterocycles. The summed E-state index contributed by atoms with van der Waals surface area (Å²) in [7, 11) is 0. The fraction of sp³-hybridized carbons (Fsp3) is 0.870. The number of hydrogen-bond donors (Lipinski definition) is 9. The molecule has 2 saturated heterocycles. The van der Waals surface area contributed by atoms with Crippen LogP contribution in [0.1, 0.15) is 290 Å². The first-order chi connectivity index (χ1) is 40.6. The Bertz CT molecular complexity index is 1580. The minimum atomic E-state index is -1.78. The van der Waals surface area contributed by atoms with Crippen LogP contribution in [0.25, 0.3) is 0 Å². The van der Waals surface area contributed by atoms with Gasteiger partial charge in [-0.1, -0.05) is 281 Å². The highest BCUT2D eigenvalue weighted by molar-refractivity contribution is 5.76. The lowest BCUT2D eigenvalue weighted by Crippen LogP contribution is -2.65. The van der Waals surface area contributed by atoms with Gasteiger partial charge in [0.15, 0.2) is 12.6 Å². The average molecular weight is 1180 g/mol. The molecule has 0 bridgehead atoms. The molecule has 0 aliphatic carbocycles. The van der Waals surface area contributed by atoms with Gasteiger partial charge in [-0.3, -0.25) is 4.79 Å². The number of unbranched alkanes of at least 4 members (excludes halogenated alkanes) is 35. The molecule has 0 aromatic carbocycles. The number of aliphatic hydroxyl groups is 8. The van der Waals surface area contributed by atoms with E-state index in [1.165, 1.54) is 186 Å². The molecule has 12 unspecified atom stereocenters. The summed E-state index contributed by atoms with van der Waals surface area (Å²) in [6, 6.07) is -0.828. The van der Waals surface area contributed by atoms with Crippen LogP contribution in [-0.4, -0.2) is 140 Å². The zero-order valence-electron chi connectivity index (χ0n) is 52.7. The van der Waals surface area contributed by atoms with E-state index in [-0.39, 0.29) is 12.5 Å². The van der Waals surface area contributed by atoms with Gasteiger partial charge in [-0.15, -0.1) is 0 Å². The summed E-state index contributed by atoms with van der Waals surface area (Å²) in [5.74, 6) is -0.202.